The van der Waals surface area contributed by atoms with Crippen molar-refractivity contribution < 1.29 is 24.5 Å². The van der Waals surface area contributed by atoms with Gasteiger partial charge in [0.2, 0.25) is 0 Å². The van der Waals surface area contributed by atoms with Crippen molar-refractivity contribution in [3.8, 4) is 11.5 Å². The van der Waals surface area contributed by atoms with Crippen LogP contribution in [0.1, 0.15) is 16.4 Å². The lowest BCUT2D eigenvalue weighted by molar-refractivity contribution is -0.147. The Hall–Kier alpha value is -2.26. The molecule has 2 aromatic rings. The molecule has 0 amide bonds. The fraction of sp³-hybridized carbons (Fsp3) is 0.214. The first kappa shape index (κ1) is 14.3. The molecule has 2 aliphatic rings. The van der Waals surface area contributed by atoms with Crippen LogP contribution in [0.25, 0.3) is 0 Å². The summed E-state index contributed by atoms with van der Waals surface area (Å²) in [5.41, 5.74) is 0.593. The topological polar surface area (TPSA) is 117 Å². The maximum absolute atomic E-state index is 12.4. The molecule has 0 bridgehead atoms. The Labute approximate surface area is 136 Å². The molecular weight excluding hydrogens is 342 g/mol. The van der Waals surface area contributed by atoms with Crippen molar-refractivity contribution in [2.45, 2.75) is 16.2 Å². The van der Waals surface area contributed by atoms with Crippen LogP contribution in [-0.2, 0) is 9.59 Å². The Balaban J connectivity index is 1.98. The average molecular weight is 351 g/mol. The van der Waals surface area contributed by atoms with E-state index in [1.165, 1.54) is 12.1 Å². The van der Waals surface area contributed by atoms with Gasteiger partial charge in [-0.05, 0) is 6.07 Å². The zero-order chi connectivity index (χ0) is 16.3. The number of esters is 1. The number of phenolic OH excluding ortho intramolecular Hbond substituents is 1. The second-order valence-electron chi connectivity index (χ2n) is 5.23. The van der Waals surface area contributed by atoms with Gasteiger partial charge in [0.15, 0.2) is 0 Å². The van der Waals surface area contributed by atoms with Crippen molar-refractivity contribution in [1.82, 2.24) is 4.98 Å². The quantitative estimate of drug-likeness (QED) is 0.525. The second-order valence-corrected chi connectivity index (χ2v) is 7.40. The lowest BCUT2D eigenvalue weighted by atomic mass is 9.80. The third-order valence-corrected chi connectivity index (χ3v) is 6.31. The second kappa shape index (κ2) is 4.87. The minimum Gasteiger partial charge on any atom is -0.508 e. The molecule has 4 rings (SSSR count). The van der Waals surface area contributed by atoms with E-state index in [1.807, 2.05) is 0 Å². The number of carboxylic acid groups (broad SMARTS) is 1. The number of aromatic amines is 1. The van der Waals surface area contributed by atoms with E-state index in [4.69, 9.17) is 4.74 Å². The van der Waals surface area contributed by atoms with Crippen LogP contribution >= 0.6 is 23.1 Å². The Bertz CT molecular complexity index is 901. The molecule has 23 heavy (non-hydrogen) atoms. The van der Waals surface area contributed by atoms with E-state index in [2.05, 4.69) is 4.98 Å². The molecule has 118 valence electrons. The van der Waals surface area contributed by atoms with Crippen LogP contribution in [0.15, 0.2) is 28.0 Å². The molecule has 0 saturated carbocycles. The van der Waals surface area contributed by atoms with Gasteiger partial charge in [-0.1, -0.05) is 29.2 Å². The SMILES string of the molecule is O=C1Oc2cc(O)ccc2[C@H]2c3sc(=O)[nH]c3S[C@@H](C(=O)O)[C@H]12. The third-order valence-electron chi connectivity index (χ3n) is 3.91. The molecule has 7 nitrogen and oxygen atoms in total. The smallest absolute Gasteiger partial charge is 0.317 e. The number of carbonyl (C=O) groups is 2. The van der Waals surface area contributed by atoms with Gasteiger partial charge >= 0.3 is 16.8 Å². The van der Waals surface area contributed by atoms with E-state index in [9.17, 15) is 24.6 Å². The van der Waals surface area contributed by atoms with Gasteiger partial charge in [-0.2, -0.15) is 0 Å². The maximum atomic E-state index is 12.4. The third kappa shape index (κ3) is 2.07. The average Bonchev–Trinajstić information content (AvgIpc) is 2.85. The minimum atomic E-state index is -1.14. The van der Waals surface area contributed by atoms with Crippen molar-refractivity contribution in [3.05, 3.63) is 38.3 Å². The number of thioether (sulfide) groups is 1. The van der Waals surface area contributed by atoms with Gasteiger partial charge in [0.25, 0.3) is 0 Å². The number of carbonyl (C=O) groups excluding carboxylic acids is 1. The van der Waals surface area contributed by atoms with E-state index < -0.39 is 29.0 Å². The highest BCUT2D eigenvalue weighted by atomic mass is 32.2. The van der Waals surface area contributed by atoms with Crippen LogP contribution in [-0.4, -0.2) is 32.4 Å². The summed E-state index contributed by atoms with van der Waals surface area (Å²) in [6.07, 6.45) is 0. The Morgan fingerprint density at radius 2 is 2.09 bits per heavy atom. The van der Waals surface area contributed by atoms with Crippen LogP contribution in [0.3, 0.4) is 0 Å². The predicted molar refractivity (Wildman–Crippen MR) is 81.3 cm³/mol. The van der Waals surface area contributed by atoms with Crippen molar-refractivity contribution in [3.63, 3.8) is 0 Å². The molecule has 2 aliphatic heterocycles. The number of carboxylic acids is 1. The molecular formula is C14H9NO6S2. The van der Waals surface area contributed by atoms with Crippen LogP contribution in [0.5, 0.6) is 11.5 Å². The van der Waals surface area contributed by atoms with Crippen molar-refractivity contribution in [2.75, 3.05) is 0 Å². The fourth-order valence-electron chi connectivity index (χ4n) is 3.00. The number of H-pyrrole nitrogens is 1. The number of fused-ring (bicyclic) bond motifs is 5. The standard InChI is InChI=1S/C14H9NO6S2/c16-4-1-2-5-6(3-4)21-13(19)8-7(5)9-11(15-14(20)23-9)22-10(8)12(17)18/h1-3,7-8,10,16H,(H,15,20)(H,17,18)/t7-,8-,10-/m1/s1. The van der Waals surface area contributed by atoms with Gasteiger partial charge in [0, 0.05) is 22.4 Å². The van der Waals surface area contributed by atoms with Crippen molar-refractivity contribution in [1.29, 1.82) is 0 Å². The van der Waals surface area contributed by atoms with Crippen LogP contribution < -0.4 is 9.61 Å². The molecule has 0 radical (unpaired) electrons. The number of aromatic hydroxyl groups is 1. The summed E-state index contributed by atoms with van der Waals surface area (Å²) >= 11 is 1.92. The number of ether oxygens (including phenoxy) is 1. The van der Waals surface area contributed by atoms with E-state index in [0.717, 1.165) is 23.1 Å². The summed E-state index contributed by atoms with van der Waals surface area (Å²) in [5.74, 6) is -3.17. The number of hydrogen-bond acceptors (Lipinski definition) is 7. The summed E-state index contributed by atoms with van der Waals surface area (Å²) < 4.78 is 5.23. The van der Waals surface area contributed by atoms with E-state index in [0.29, 0.717) is 15.5 Å². The van der Waals surface area contributed by atoms with Crippen LogP contribution in [0.2, 0.25) is 0 Å². The first-order valence-electron chi connectivity index (χ1n) is 6.63. The van der Waals surface area contributed by atoms with E-state index in [-0.39, 0.29) is 16.4 Å². The van der Waals surface area contributed by atoms with Crippen molar-refractivity contribution in [2.24, 2.45) is 5.92 Å². The summed E-state index contributed by atoms with van der Waals surface area (Å²) in [7, 11) is 0. The monoisotopic (exact) mass is 351 g/mol. The summed E-state index contributed by atoms with van der Waals surface area (Å²) in [4.78, 5) is 38.6. The van der Waals surface area contributed by atoms with Crippen molar-refractivity contribution >= 4 is 35.0 Å². The molecule has 3 atom stereocenters. The number of hydrogen-bond donors (Lipinski definition) is 3. The van der Waals surface area contributed by atoms with Gasteiger partial charge in [-0.3, -0.25) is 14.4 Å². The molecule has 0 aliphatic carbocycles. The predicted octanol–water partition coefficient (Wildman–Crippen LogP) is 1.37. The number of benzene rings is 1. The molecule has 0 fully saturated rings. The largest absolute Gasteiger partial charge is 0.508 e. The normalized spacial score (nSPS) is 25.0. The molecule has 0 spiro atoms. The summed E-state index contributed by atoms with van der Waals surface area (Å²) in [6, 6.07) is 4.36. The van der Waals surface area contributed by atoms with Gasteiger partial charge in [-0.25, -0.2) is 0 Å². The van der Waals surface area contributed by atoms with E-state index in [1.54, 1.807) is 6.07 Å². The highest BCUT2D eigenvalue weighted by Crippen LogP contribution is 2.53. The van der Waals surface area contributed by atoms with Gasteiger partial charge in [0.1, 0.15) is 16.7 Å². The van der Waals surface area contributed by atoms with E-state index >= 15 is 0 Å². The Morgan fingerprint density at radius 1 is 1.30 bits per heavy atom. The zero-order valence-corrected chi connectivity index (χ0v) is 12.9. The molecule has 0 unspecified atom stereocenters. The summed E-state index contributed by atoms with van der Waals surface area (Å²) in [6.45, 7) is 0. The highest BCUT2D eigenvalue weighted by Gasteiger charge is 2.51. The van der Waals surface area contributed by atoms with Gasteiger partial charge in [0.05, 0.1) is 10.9 Å². The molecule has 1 aromatic heterocycles. The lowest BCUT2D eigenvalue weighted by Gasteiger charge is -2.37. The molecule has 0 saturated heterocycles. The number of rotatable bonds is 1. The van der Waals surface area contributed by atoms with Gasteiger partial charge < -0.3 is 19.9 Å². The summed E-state index contributed by atoms with van der Waals surface area (Å²) in [5, 5.41) is 18.5. The number of aromatic nitrogens is 1. The number of nitrogens with one attached hydrogen (secondary N) is 1. The highest BCUT2D eigenvalue weighted by molar-refractivity contribution is 8.00. The first-order chi connectivity index (χ1) is 11.0. The number of thiazole rings is 1. The Morgan fingerprint density at radius 3 is 2.83 bits per heavy atom. The van der Waals surface area contributed by atoms with Crippen LogP contribution in [0, 0.1) is 5.92 Å². The molecule has 1 aromatic carbocycles. The minimum absolute atomic E-state index is 0.0579. The first-order valence-corrected chi connectivity index (χ1v) is 8.32. The van der Waals surface area contributed by atoms with Gasteiger partial charge in [-0.15, -0.1) is 0 Å². The molecule has 9 heteroatoms. The maximum Gasteiger partial charge on any atom is 0.317 e. The molecule has 3 heterocycles. The zero-order valence-electron chi connectivity index (χ0n) is 11.3. The lowest BCUT2D eigenvalue weighted by Crippen LogP contribution is -2.44. The van der Waals surface area contributed by atoms with Crippen LogP contribution in [0.4, 0.5) is 0 Å². The fourth-order valence-corrected chi connectivity index (χ4v) is 5.39. The number of aliphatic carboxylic acids is 1. The Kier molecular flexibility index (Phi) is 3.03. The number of phenols is 1. The molecule has 3 N–H and O–H groups in total.